The molecule has 2 bridgehead atoms. The van der Waals surface area contributed by atoms with Gasteiger partial charge in [0.25, 0.3) is 0 Å². The molecule has 0 aromatic rings. The van der Waals surface area contributed by atoms with E-state index in [0.717, 1.165) is 12.8 Å². The van der Waals surface area contributed by atoms with Gasteiger partial charge < -0.3 is 15.2 Å². The SMILES string of the molecule is OC1CC2NC(C1)C1OC21. The Bertz CT molecular complexity index is 157. The number of epoxide rings is 1. The lowest BCUT2D eigenvalue weighted by atomic mass is 10.0. The van der Waals surface area contributed by atoms with Crippen LogP contribution in [0, 0.1) is 0 Å². The molecule has 3 rings (SSSR count). The van der Waals surface area contributed by atoms with E-state index < -0.39 is 0 Å². The quantitative estimate of drug-likeness (QED) is 0.436. The molecule has 3 aliphatic rings. The molecule has 10 heavy (non-hydrogen) atoms. The van der Waals surface area contributed by atoms with Crippen molar-refractivity contribution >= 4 is 0 Å². The molecular formula is C7H11NO2. The van der Waals surface area contributed by atoms with E-state index in [1.165, 1.54) is 0 Å². The molecule has 3 heteroatoms. The predicted octanol–water partition coefficient (Wildman–Crippen LogP) is -0.751. The number of nitrogens with one attached hydrogen (secondary N) is 1. The van der Waals surface area contributed by atoms with E-state index >= 15 is 0 Å². The second-order valence-electron chi connectivity index (χ2n) is 3.57. The maximum absolute atomic E-state index is 9.33. The molecule has 3 nitrogen and oxygen atoms in total. The molecule has 2 N–H and O–H groups in total. The Balaban J connectivity index is 1.87. The standard InChI is InChI=1S/C7H11NO2/c9-3-1-4-6-7(10-6)5(2-3)8-4/h3-9H,1-2H2. The highest BCUT2D eigenvalue weighted by atomic mass is 16.6. The summed E-state index contributed by atoms with van der Waals surface area (Å²) in [4.78, 5) is 0. The predicted molar refractivity (Wildman–Crippen MR) is 34.6 cm³/mol. The molecule has 0 spiro atoms. The van der Waals surface area contributed by atoms with Crippen molar-refractivity contribution in [3.05, 3.63) is 0 Å². The van der Waals surface area contributed by atoms with Crippen molar-refractivity contribution in [3.8, 4) is 0 Å². The first-order valence-electron chi connectivity index (χ1n) is 3.94. The first-order valence-corrected chi connectivity index (χ1v) is 3.94. The number of rotatable bonds is 0. The van der Waals surface area contributed by atoms with Crippen molar-refractivity contribution in [2.75, 3.05) is 0 Å². The number of aliphatic hydroxyl groups excluding tert-OH is 1. The fraction of sp³-hybridized carbons (Fsp3) is 1.00. The number of morpholine rings is 1. The molecule has 4 unspecified atom stereocenters. The molecule has 0 aromatic heterocycles. The van der Waals surface area contributed by atoms with Crippen LogP contribution >= 0.6 is 0 Å². The van der Waals surface area contributed by atoms with Gasteiger partial charge in [-0.15, -0.1) is 0 Å². The van der Waals surface area contributed by atoms with E-state index in [0.29, 0.717) is 24.3 Å². The zero-order chi connectivity index (χ0) is 6.72. The average Bonchev–Trinajstić information content (AvgIpc) is 2.59. The smallest absolute Gasteiger partial charge is 0.101 e. The average molecular weight is 141 g/mol. The molecule has 0 saturated carbocycles. The molecule has 0 amide bonds. The van der Waals surface area contributed by atoms with Crippen LogP contribution < -0.4 is 5.32 Å². The molecule has 4 atom stereocenters. The number of hydrogen-bond donors (Lipinski definition) is 2. The van der Waals surface area contributed by atoms with Gasteiger partial charge in [0, 0.05) is 12.1 Å². The van der Waals surface area contributed by atoms with Crippen LogP contribution in [0.2, 0.25) is 0 Å². The third-order valence-electron chi connectivity index (χ3n) is 2.83. The molecule has 3 heterocycles. The highest BCUT2D eigenvalue weighted by molar-refractivity contribution is 5.13. The highest BCUT2D eigenvalue weighted by Gasteiger charge is 2.58. The minimum Gasteiger partial charge on any atom is -0.393 e. The monoisotopic (exact) mass is 141 g/mol. The summed E-state index contributed by atoms with van der Waals surface area (Å²) in [6.07, 6.45) is 2.59. The number of ether oxygens (including phenoxy) is 1. The first kappa shape index (κ1) is 5.52. The molecule has 3 aliphatic heterocycles. The third kappa shape index (κ3) is 0.557. The second-order valence-corrected chi connectivity index (χ2v) is 3.57. The minimum atomic E-state index is -0.0763. The Labute approximate surface area is 59.4 Å². The van der Waals surface area contributed by atoms with Gasteiger partial charge in [-0.05, 0) is 12.8 Å². The van der Waals surface area contributed by atoms with Crippen LogP contribution in [0.25, 0.3) is 0 Å². The van der Waals surface area contributed by atoms with Gasteiger partial charge >= 0.3 is 0 Å². The van der Waals surface area contributed by atoms with E-state index in [-0.39, 0.29) is 6.10 Å². The summed E-state index contributed by atoms with van der Waals surface area (Å²) in [5, 5.41) is 12.8. The molecular weight excluding hydrogens is 130 g/mol. The maximum atomic E-state index is 9.33. The van der Waals surface area contributed by atoms with E-state index in [1.54, 1.807) is 0 Å². The van der Waals surface area contributed by atoms with Gasteiger partial charge in [-0.3, -0.25) is 0 Å². The van der Waals surface area contributed by atoms with Gasteiger partial charge in [0.05, 0.1) is 6.10 Å². The minimum absolute atomic E-state index is 0.0763. The fourth-order valence-electron chi connectivity index (χ4n) is 2.34. The molecule has 0 aliphatic carbocycles. The summed E-state index contributed by atoms with van der Waals surface area (Å²) in [5.74, 6) is 0. The lowest BCUT2D eigenvalue weighted by Gasteiger charge is -2.27. The van der Waals surface area contributed by atoms with E-state index in [2.05, 4.69) is 5.32 Å². The number of piperidine rings is 1. The maximum Gasteiger partial charge on any atom is 0.101 e. The number of hydrogen-bond acceptors (Lipinski definition) is 3. The zero-order valence-electron chi connectivity index (χ0n) is 5.66. The van der Waals surface area contributed by atoms with Crippen LogP contribution in [0.5, 0.6) is 0 Å². The van der Waals surface area contributed by atoms with Crippen molar-refractivity contribution in [2.45, 2.75) is 43.2 Å². The molecule has 3 saturated heterocycles. The lowest BCUT2D eigenvalue weighted by Crippen LogP contribution is -2.45. The Morgan fingerprint density at radius 3 is 2.40 bits per heavy atom. The first-order chi connectivity index (χ1) is 4.84. The Hall–Kier alpha value is -0.120. The van der Waals surface area contributed by atoms with Crippen LogP contribution in [-0.4, -0.2) is 35.5 Å². The van der Waals surface area contributed by atoms with Crippen LogP contribution in [0.15, 0.2) is 0 Å². The van der Waals surface area contributed by atoms with Crippen LogP contribution in [0.1, 0.15) is 12.8 Å². The Morgan fingerprint density at radius 2 is 1.80 bits per heavy atom. The van der Waals surface area contributed by atoms with Gasteiger partial charge in [-0.25, -0.2) is 0 Å². The van der Waals surface area contributed by atoms with E-state index in [4.69, 9.17) is 4.74 Å². The van der Waals surface area contributed by atoms with Crippen molar-refractivity contribution < 1.29 is 9.84 Å². The highest BCUT2D eigenvalue weighted by Crippen LogP contribution is 2.41. The summed E-state index contributed by atoms with van der Waals surface area (Å²) in [5.41, 5.74) is 0. The van der Waals surface area contributed by atoms with Crippen molar-refractivity contribution in [1.29, 1.82) is 0 Å². The molecule has 56 valence electrons. The summed E-state index contributed by atoms with van der Waals surface area (Å²) >= 11 is 0. The van der Waals surface area contributed by atoms with E-state index in [1.807, 2.05) is 0 Å². The largest absolute Gasteiger partial charge is 0.393 e. The van der Waals surface area contributed by atoms with Crippen LogP contribution in [-0.2, 0) is 4.74 Å². The zero-order valence-corrected chi connectivity index (χ0v) is 5.66. The number of fused-ring (bicyclic) bond motifs is 5. The topological polar surface area (TPSA) is 44.8 Å². The third-order valence-corrected chi connectivity index (χ3v) is 2.83. The van der Waals surface area contributed by atoms with Gasteiger partial charge in [0.2, 0.25) is 0 Å². The molecule has 3 fully saturated rings. The van der Waals surface area contributed by atoms with Gasteiger partial charge in [0.1, 0.15) is 12.2 Å². The summed E-state index contributed by atoms with van der Waals surface area (Å²) in [6.45, 7) is 0. The fourth-order valence-corrected chi connectivity index (χ4v) is 2.34. The van der Waals surface area contributed by atoms with Crippen LogP contribution in [0.4, 0.5) is 0 Å². The summed E-state index contributed by atoms with van der Waals surface area (Å²) in [7, 11) is 0. The molecule has 0 radical (unpaired) electrons. The van der Waals surface area contributed by atoms with Crippen molar-refractivity contribution in [3.63, 3.8) is 0 Å². The Morgan fingerprint density at radius 1 is 1.20 bits per heavy atom. The Kier molecular flexibility index (Phi) is 0.854. The van der Waals surface area contributed by atoms with Gasteiger partial charge in [0.15, 0.2) is 0 Å². The second kappa shape index (κ2) is 1.55. The lowest BCUT2D eigenvalue weighted by molar-refractivity contribution is 0.0775. The molecule has 0 aromatic carbocycles. The van der Waals surface area contributed by atoms with Crippen LogP contribution in [0.3, 0.4) is 0 Å². The van der Waals surface area contributed by atoms with Crippen molar-refractivity contribution in [1.82, 2.24) is 5.32 Å². The van der Waals surface area contributed by atoms with Gasteiger partial charge in [-0.2, -0.15) is 0 Å². The number of aliphatic hydroxyl groups is 1. The normalized spacial score (nSPS) is 63.9. The summed E-state index contributed by atoms with van der Waals surface area (Å²) < 4.78 is 5.39. The van der Waals surface area contributed by atoms with Gasteiger partial charge in [-0.1, -0.05) is 0 Å². The summed E-state index contributed by atoms with van der Waals surface area (Å²) in [6, 6.07) is 0.914. The van der Waals surface area contributed by atoms with E-state index in [9.17, 15) is 5.11 Å². The van der Waals surface area contributed by atoms with Crippen molar-refractivity contribution in [2.24, 2.45) is 0 Å².